The number of hydrogen-bond acceptors (Lipinski definition) is 3. The maximum atomic E-state index is 11.8. The van der Waals surface area contributed by atoms with E-state index in [0.717, 1.165) is 32.1 Å². The Labute approximate surface area is 114 Å². The zero-order valence-electron chi connectivity index (χ0n) is 11.5. The van der Waals surface area contributed by atoms with Gasteiger partial charge in [-0.1, -0.05) is 19.3 Å². The fourth-order valence-electron chi connectivity index (χ4n) is 3.09. The van der Waals surface area contributed by atoms with E-state index < -0.39 is 0 Å². The highest BCUT2D eigenvalue weighted by molar-refractivity contribution is 5.86. The Morgan fingerprint density at radius 1 is 1.05 bits per heavy atom. The van der Waals surface area contributed by atoms with Crippen molar-refractivity contribution in [3.8, 4) is 0 Å². The summed E-state index contributed by atoms with van der Waals surface area (Å²) in [5, 5.41) is 5.72. The molecule has 0 saturated heterocycles. The molecule has 19 heavy (non-hydrogen) atoms. The van der Waals surface area contributed by atoms with Crippen LogP contribution in [0.2, 0.25) is 0 Å². The smallest absolute Gasteiger partial charge is 0.239 e. The minimum absolute atomic E-state index is 0.00233. The van der Waals surface area contributed by atoms with Gasteiger partial charge >= 0.3 is 0 Å². The molecule has 4 N–H and O–H groups in total. The highest BCUT2D eigenvalue weighted by Crippen LogP contribution is 2.23. The molecule has 5 nitrogen and oxygen atoms in total. The third kappa shape index (κ3) is 4.49. The fourth-order valence-corrected chi connectivity index (χ4v) is 3.09. The maximum Gasteiger partial charge on any atom is 0.239 e. The molecule has 2 saturated carbocycles. The third-order valence-corrected chi connectivity index (χ3v) is 4.24. The first-order valence-corrected chi connectivity index (χ1v) is 7.48. The van der Waals surface area contributed by atoms with Crippen molar-refractivity contribution in [1.82, 2.24) is 10.6 Å². The summed E-state index contributed by atoms with van der Waals surface area (Å²) >= 11 is 0. The van der Waals surface area contributed by atoms with Gasteiger partial charge in [-0.25, -0.2) is 0 Å². The van der Waals surface area contributed by atoms with Crippen molar-refractivity contribution < 1.29 is 9.59 Å². The van der Waals surface area contributed by atoms with Gasteiger partial charge in [0, 0.05) is 18.0 Å². The molecule has 2 fully saturated rings. The second-order valence-corrected chi connectivity index (χ2v) is 5.89. The predicted octanol–water partition coefficient (Wildman–Crippen LogP) is 0.679. The van der Waals surface area contributed by atoms with E-state index in [2.05, 4.69) is 10.6 Å². The second-order valence-electron chi connectivity index (χ2n) is 5.89. The number of hydrogen-bond donors (Lipinski definition) is 3. The quantitative estimate of drug-likeness (QED) is 0.700. The van der Waals surface area contributed by atoms with Crippen LogP contribution in [0.5, 0.6) is 0 Å². The Balaban J connectivity index is 1.64. The van der Waals surface area contributed by atoms with E-state index in [0.29, 0.717) is 6.04 Å². The Morgan fingerprint density at radius 2 is 1.79 bits per heavy atom. The predicted molar refractivity (Wildman–Crippen MR) is 73.3 cm³/mol. The van der Waals surface area contributed by atoms with Crippen LogP contribution in [0.25, 0.3) is 0 Å². The van der Waals surface area contributed by atoms with Crippen LogP contribution in [0.1, 0.15) is 51.4 Å². The van der Waals surface area contributed by atoms with Crippen molar-refractivity contribution >= 4 is 11.8 Å². The van der Waals surface area contributed by atoms with E-state index in [4.69, 9.17) is 5.73 Å². The topological polar surface area (TPSA) is 84.2 Å². The summed E-state index contributed by atoms with van der Waals surface area (Å²) in [6.45, 7) is 0.0983. The SMILES string of the molecule is NC1CCC(C(=O)NCC(=O)NC2CCCCC2)C1. The molecule has 0 heterocycles. The van der Waals surface area contributed by atoms with Crippen molar-refractivity contribution in [3.63, 3.8) is 0 Å². The van der Waals surface area contributed by atoms with E-state index in [1.807, 2.05) is 0 Å². The molecule has 2 unspecified atom stereocenters. The van der Waals surface area contributed by atoms with Crippen molar-refractivity contribution in [1.29, 1.82) is 0 Å². The van der Waals surface area contributed by atoms with Crippen LogP contribution in [0.3, 0.4) is 0 Å². The average Bonchev–Trinajstić information content (AvgIpc) is 2.84. The highest BCUT2D eigenvalue weighted by Gasteiger charge is 2.27. The van der Waals surface area contributed by atoms with E-state index in [1.54, 1.807) is 0 Å². The van der Waals surface area contributed by atoms with Gasteiger partial charge in [0.05, 0.1) is 6.54 Å². The number of rotatable bonds is 4. The molecule has 2 aliphatic rings. The van der Waals surface area contributed by atoms with E-state index >= 15 is 0 Å². The zero-order valence-corrected chi connectivity index (χ0v) is 11.5. The van der Waals surface area contributed by atoms with Gasteiger partial charge in [-0.3, -0.25) is 9.59 Å². The van der Waals surface area contributed by atoms with Gasteiger partial charge in [0.25, 0.3) is 0 Å². The van der Waals surface area contributed by atoms with Crippen molar-refractivity contribution in [2.75, 3.05) is 6.54 Å². The number of carbonyl (C=O) groups excluding carboxylic acids is 2. The molecule has 0 bridgehead atoms. The van der Waals surface area contributed by atoms with E-state index in [9.17, 15) is 9.59 Å². The standard InChI is InChI=1S/C14H25N3O2/c15-11-7-6-10(8-11)14(19)16-9-13(18)17-12-4-2-1-3-5-12/h10-12H,1-9,15H2,(H,16,19)(H,17,18). The van der Waals surface area contributed by atoms with Gasteiger partial charge < -0.3 is 16.4 Å². The lowest BCUT2D eigenvalue weighted by Gasteiger charge is -2.23. The Kier molecular flexibility index (Phi) is 5.19. The molecule has 0 spiro atoms. The van der Waals surface area contributed by atoms with Crippen LogP contribution in [0.4, 0.5) is 0 Å². The number of nitrogens with one attached hydrogen (secondary N) is 2. The van der Waals surface area contributed by atoms with Crippen molar-refractivity contribution in [2.24, 2.45) is 11.7 Å². The number of amides is 2. The first-order chi connectivity index (χ1) is 9.15. The number of nitrogens with two attached hydrogens (primary N) is 1. The maximum absolute atomic E-state index is 11.8. The molecule has 2 aliphatic carbocycles. The summed E-state index contributed by atoms with van der Waals surface area (Å²) in [5.74, 6) is -0.0910. The van der Waals surface area contributed by atoms with Gasteiger partial charge in [-0.2, -0.15) is 0 Å². The molecule has 108 valence electrons. The lowest BCUT2D eigenvalue weighted by Crippen LogP contribution is -2.43. The largest absolute Gasteiger partial charge is 0.352 e. The van der Waals surface area contributed by atoms with Crippen LogP contribution in [-0.2, 0) is 9.59 Å². The van der Waals surface area contributed by atoms with Gasteiger partial charge in [0.15, 0.2) is 0 Å². The molecular formula is C14H25N3O2. The third-order valence-electron chi connectivity index (χ3n) is 4.24. The van der Waals surface area contributed by atoms with Crippen LogP contribution < -0.4 is 16.4 Å². The Bertz CT molecular complexity index is 327. The van der Waals surface area contributed by atoms with E-state index in [-0.39, 0.29) is 30.3 Å². The van der Waals surface area contributed by atoms with Gasteiger partial charge in [0.2, 0.25) is 11.8 Å². The molecule has 2 atom stereocenters. The second kappa shape index (κ2) is 6.89. The molecular weight excluding hydrogens is 242 g/mol. The molecule has 5 heteroatoms. The van der Waals surface area contributed by atoms with Crippen LogP contribution >= 0.6 is 0 Å². The summed E-state index contributed by atoms with van der Waals surface area (Å²) in [6, 6.07) is 0.449. The minimum Gasteiger partial charge on any atom is -0.352 e. The van der Waals surface area contributed by atoms with Crippen LogP contribution in [0, 0.1) is 5.92 Å². The molecule has 0 aromatic rings. The summed E-state index contributed by atoms with van der Waals surface area (Å²) in [4.78, 5) is 23.6. The minimum atomic E-state index is -0.0671. The molecule has 0 aromatic heterocycles. The Hall–Kier alpha value is -1.10. The van der Waals surface area contributed by atoms with E-state index in [1.165, 1.54) is 19.3 Å². The first kappa shape index (κ1) is 14.3. The fraction of sp³-hybridized carbons (Fsp3) is 0.857. The molecule has 0 radical (unpaired) electrons. The highest BCUT2D eigenvalue weighted by atomic mass is 16.2. The van der Waals surface area contributed by atoms with Gasteiger partial charge in [-0.15, -0.1) is 0 Å². The molecule has 2 rings (SSSR count). The Morgan fingerprint density at radius 3 is 2.42 bits per heavy atom. The number of carbonyl (C=O) groups is 2. The lowest BCUT2D eigenvalue weighted by atomic mass is 9.95. The molecule has 2 amide bonds. The lowest BCUT2D eigenvalue weighted by molar-refractivity contribution is -0.128. The monoisotopic (exact) mass is 267 g/mol. The normalized spacial score (nSPS) is 28.1. The van der Waals surface area contributed by atoms with Crippen LogP contribution in [-0.4, -0.2) is 30.4 Å². The van der Waals surface area contributed by atoms with Gasteiger partial charge in [-0.05, 0) is 32.1 Å². The van der Waals surface area contributed by atoms with Crippen molar-refractivity contribution in [3.05, 3.63) is 0 Å². The zero-order chi connectivity index (χ0) is 13.7. The molecule has 0 aliphatic heterocycles. The summed E-state index contributed by atoms with van der Waals surface area (Å²) in [6.07, 6.45) is 8.29. The summed E-state index contributed by atoms with van der Waals surface area (Å²) in [5.41, 5.74) is 5.78. The molecule has 0 aromatic carbocycles. The first-order valence-electron chi connectivity index (χ1n) is 7.48. The van der Waals surface area contributed by atoms with Crippen LogP contribution in [0.15, 0.2) is 0 Å². The van der Waals surface area contributed by atoms with Crippen molar-refractivity contribution in [2.45, 2.75) is 63.5 Å². The average molecular weight is 267 g/mol. The van der Waals surface area contributed by atoms with Gasteiger partial charge in [0.1, 0.15) is 0 Å². The summed E-state index contributed by atoms with van der Waals surface area (Å²) in [7, 11) is 0. The summed E-state index contributed by atoms with van der Waals surface area (Å²) < 4.78 is 0.